The lowest BCUT2D eigenvalue weighted by Crippen LogP contribution is -2.48. The number of halogens is 1. The highest BCUT2D eigenvalue weighted by Crippen LogP contribution is 2.31. The van der Waals surface area contributed by atoms with Gasteiger partial charge in [-0.15, -0.1) is 0 Å². The van der Waals surface area contributed by atoms with E-state index in [1.165, 1.54) is 13.2 Å². The number of piperazine rings is 1. The Morgan fingerprint density at radius 3 is 2.45 bits per heavy atom. The van der Waals surface area contributed by atoms with E-state index in [0.717, 1.165) is 12.0 Å². The van der Waals surface area contributed by atoms with Crippen molar-refractivity contribution in [3.05, 3.63) is 53.3 Å². The van der Waals surface area contributed by atoms with Crippen LogP contribution >= 0.6 is 0 Å². The van der Waals surface area contributed by atoms with Crippen LogP contribution in [0.4, 0.5) is 4.39 Å². The fourth-order valence-electron chi connectivity index (χ4n) is 4.08. The maximum absolute atomic E-state index is 13.9. The third-order valence-corrected chi connectivity index (χ3v) is 5.98. The van der Waals surface area contributed by atoms with Crippen molar-refractivity contribution < 1.29 is 28.2 Å². The lowest BCUT2D eigenvalue weighted by Gasteiger charge is -2.34. The second-order valence-corrected chi connectivity index (χ2v) is 8.26. The number of ether oxygens (including phenoxy) is 3. The number of hydrogen-bond acceptors (Lipinski definition) is 6. The minimum absolute atomic E-state index is 0.0205. The molecular formula is C25H29FN2O5. The quantitative estimate of drug-likeness (QED) is 0.596. The first-order chi connectivity index (χ1) is 16.0. The van der Waals surface area contributed by atoms with E-state index in [1.807, 2.05) is 6.07 Å². The molecule has 0 aromatic heterocycles. The normalized spacial score (nSPS) is 16.2. The third-order valence-electron chi connectivity index (χ3n) is 5.98. The highest BCUT2D eigenvalue weighted by molar-refractivity contribution is 5.98. The molecule has 0 saturated carbocycles. The molecule has 8 heteroatoms. The maximum atomic E-state index is 13.9. The van der Waals surface area contributed by atoms with Crippen LogP contribution in [0.5, 0.6) is 17.2 Å². The Bertz CT molecular complexity index is 1000. The molecule has 2 aliphatic heterocycles. The van der Waals surface area contributed by atoms with E-state index in [0.29, 0.717) is 63.0 Å². The molecular weight excluding hydrogens is 427 g/mol. The summed E-state index contributed by atoms with van der Waals surface area (Å²) in [6.07, 6.45) is 1.14. The van der Waals surface area contributed by atoms with E-state index in [2.05, 4.69) is 4.90 Å². The van der Waals surface area contributed by atoms with Crippen LogP contribution in [0.3, 0.4) is 0 Å². The van der Waals surface area contributed by atoms with Gasteiger partial charge in [-0.3, -0.25) is 14.5 Å². The van der Waals surface area contributed by atoms with Gasteiger partial charge in [0, 0.05) is 57.5 Å². The number of Topliss-reactive ketones (excluding diaryl/α,β-unsaturated/α-hetero) is 1. The standard InChI is InChI=1S/C25H29FN2O5/c1-31-22-6-3-18(15-20(22)26)17-27-9-11-28(12-10-27)25(30)8-5-21(29)19-4-7-23-24(16-19)33-14-2-13-32-23/h3-4,6-7,15-16H,2,5,8-14,17H2,1H3. The summed E-state index contributed by atoms with van der Waals surface area (Å²) in [5.74, 6) is 0.984. The molecule has 176 valence electrons. The van der Waals surface area contributed by atoms with Gasteiger partial charge in [0.05, 0.1) is 20.3 Å². The Labute approximate surface area is 193 Å². The van der Waals surface area contributed by atoms with E-state index in [9.17, 15) is 14.0 Å². The Kier molecular flexibility index (Phi) is 7.44. The topological polar surface area (TPSA) is 68.3 Å². The number of nitrogens with zero attached hydrogens (tertiary/aromatic N) is 2. The summed E-state index contributed by atoms with van der Waals surface area (Å²) < 4.78 is 30.1. The van der Waals surface area contributed by atoms with Crippen LogP contribution in [0.15, 0.2) is 36.4 Å². The molecule has 1 amide bonds. The lowest BCUT2D eigenvalue weighted by molar-refractivity contribution is -0.133. The molecule has 0 radical (unpaired) electrons. The van der Waals surface area contributed by atoms with Crippen molar-refractivity contribution in [2.75, 3.05) is 46.5 Å². The zero-order valence-electron chi connectivity index (χ0n) is 18.8. The molecule has 1 saturated heterocycles. The van der Waals surface area contributed by atoms with E-state index >= 15 is 0 Å². The molecule has 2 aromatic rings. The van der Waals surface area contributed by atoms with Crippen molar-refractivity contribution >= 4 is 11.7 Å². The van der Waals surface area contributed by atoms with Crippen LogP contribution in [-0.4, -0.2) is 68.0 Å². The predicted molar refractivity (Wildman–Crippen MR) is 120 cm³/mol. The van der Waals surface area contributed by atoms with Crippen LogP contribution in [0.1, 0.15) is 35.2 Å². The molecule has 2 aromatic carbocycles. The number of carbonyl (C=O) groups is 2. The summed E-state index contributed by atoms with van der Waals surface area (Å²) in [4.78, 5) is 29.2. The van der Waals surface area contributed by atoms with Gasteiger partial charge in [0.1, 0.15) is 0 Å². The summed E-state index contributed by atoms with van der Waals surface area (Å²) in [6.45, 7) is 4.36. The van der Waals surface area contributed by atoms with Gasteiger partial charge < -0.3 is 19.1 Å². The number of fused-ring (bicyclic) bond motifs is 1. The number of benzene rings is 2. The van der Waals surface area contributed by atoms with Crippen molar-refractivity contribution in [2.45, 2.75) is 25.8 Å². The Morgan fingerprint density at radius 1 is 0.970 bits per heavy atom. The van der Waals surface area contributed by atoms with Crippen LogP contribution < -0.4 is 14.2 Å². The molecule has 0 bridgehead atoms. The molecule has 2 heterocycles. The summed E-state index contributed by atoms with van der Waals surface area (Å²) in [5.41, 5.74) is 1.40. The molecule has 1 fully saturated rings. The first-order valence-corrected chi connectivity index (χ1v) is 11.3. The lowest BCUT2D eigenvalue weighted by atomic mass is 10.1. The minimum Gasteiger partial charge on any atom is -0.494 e. The van der Waals surface area contributed by atoms with Crippen molar-refractivity contribution in [3.63, 3.8) is 0 Å². The maximum Gasteiger partial charge on any atom is 0.223 e. The molecule has 0 aliphatic carbocycles. The van der Waals surface area contributed by atoms with Gasteiger partial charge in [0.25, 0.3) is 0 Å². The zero-order valence-corrected chi connectivity index (χ0v) is 18.8. The summed E-state index contributed by atoms with van der Waals surface area (Å²) >= 11 is 0. The number of carbonyl (C=O) groups excluding carboxylic acids is 2. The molecule has 2 aliphatic rings. The van der Waals surface area contributed by atoms with Crippen LogP contribution in [0.2, 0.25) is 0 Å². The van der Waals surface area contributed by atoms with Gasteiger partial charge >= 0.3 is 0 Å². The third kappa shape index (κ3) is 5.82. The summed E-state index contributed by atoms with van der Waals surface area (Å²) in [6, 6.07) is 10.1. The second-order valence-electron chi connectivity index (χ2n) is 8.26. The fraction of sp³-hybridized carbons (Fsp3) is 0.440. The number of hydrogen-bond donors (Lipinski definition) is 0. The van der Waals surface area contributed by atoms with Crippen molar-refractivity contribution in [1.82, 2.24) is 9.80 Å². The van der Waals surface area contributed by atoms with Gasteiger partial charge in [-0.2, -0.15) is 0 Å². The molecule has 7 nitrogen and oxygen atoms in total. The smallest absolute Gasteiger partial charge is 0.223 e. The Balaban J connectivity index is 1.23. The number of rotatable bonds is 7. The van der Waals surface area contributed by atoms with E-state index in [-0.39, 0.29) is 36.1 Å². The number of ketones is 1. The van der Waals surface area contributed by atoms with E-state index < -0.39 is 0 Å². The van der Waals surface area contributed by atoms with Crippen LogP contribution in [0.25, 0.3) is 0 Å². The van der Waals surface area contributed by atoms with Crippen molar-refractivity contribution in [3.8, 4) is 17.2 Å². The van der Waals surface area contributed by atoms with Gasteiger partial charge in [0.15, 0.2) is 28.8 Å². The molecule has 0 unspecified atom stereocenters. The molecule has 33 heavy (non-hydrogen) atoms. The van der Waals surface area contributed by atoms with E-state index in [1.54, 1.807) is 29.2 Å². The summed E-state index contributed by atoms with van der Waals surface area (Å²) in [7, 11) is 1.44. The fourth-order valence-corrected chi connectivity index (χ4v) is 4.08. The number of amides is 1. The highest BCUT2D eigenvalue weighted by Gasteiger charge is 2.22. The van der Waals surface area contributed by atoms with Crippen molar-refractivity contribution in [1.29, 1.82) is 0 Å². The largest absolute Gasteiger partial charge is 0.494 e. The monoisotopic (exact) mass is 456 g/mol. The SMILES string of the molecule is COc1ccc(CN2CCN(C(=O)CCC(=O)c3ccc4c(c3)OCCCO4)CC2)cc1F. The van der Waals surface area contributed by atoms with Gasteiger partial charge in [-0.1, -0.05) is 6.07 Å². The Hall–Kier alpha value is -3.13. The number of methoxy groups -OCH3 is 1. The average Bonchev–Trinajstić information content (AvgIpc) is 3.08. The minimum atomic E-state index is -0.373. The molecule has 0 spiro atoms. The molecule has 0 atom stereocenters. The van der Waals surface area contributed by atoms with Gasteiger partial charge in [-0.05, 0) is 35.9 Å². The highest BCUT2D eigenvalue weighted by atomic mass is 19.1. The van der Waals surface area contributed by atoms with Gasteiger partial charge in [0.2, 0.25) is 5.91 Å². The van der Waals surface area contributed by atoms with Crippen LogP contribution in [0, 0.1) is 5.82 Å². The Morgan fingerprint density at radius 2 is 1.73 bits per heavy atom. The summed E-state index contributed by atoms with van der Waals surface area (Å²) in [5, 5.41) is 0. The molecule has 0 N–H and O–H groups in total. The van der Waals surface area contributed by atoms with Crippen molar-refractivity contribution in [2.24, 2.45) is 0 Å². The average molecular weight is 457 g/mol. The van der Waals surface area contributed by atoms with Crippen LogP contribution in [-0.2, 0) is 11.3 Å². The first-order valence-electron chi connectivity index (χ1n) is 11.3. The zero-order chi connectivity index (χ0) is 23.2. The second kappa shape index (κ2) is 10.7. The van der Waals surface area contributed by atoms with Gasteiger partial charge in [-0.25, -0.2) is 4.39 Å². The molecule has 4 rings (SSSR count). The first kappa shape index (κ1) is 23.0. The predicted octanol–water partition coefficient (Wildman–Crippen LogP) is 3.30. The van der Waals surface area contributed by atoms with E-state index in [4.69, 9.17) is 14.2 Å².